The van der Waals surface area contributed by atoms with E-state index in [1.54, 1.807) is 6.07 Å². The van der Waals surface area contributed by atoms with Crippen molar-refractivity contribution >= 4 is 10.9 Å². The van der Waals surface area contributed by atoms with Gasteiger partial charge in [0.05, 0.1) is 5.52 Å². The normalized spacial score (nSPS) is 11.1. The minimum Gasteiger partial charge on any atom is -0.252 e. The van der Waals surface area contributed by atoms with Crippen molar-refractivity contribution in [3.05, 3.63) is 41.8 Å². The van der Waals surface area contributed by atoms with Crippen LogP contribution in [0.2, 0.25) is 0 Å². The summed E-state index contributed by atoms with van der Waals surface area (Å²) >= 11 is 0. The van der Waals surface area contributed by atoms with Gasteiger partial charge in [-0.1, -0.05) is 19.9 Å². The fourth-order valence-corrected chi connectivity index (χ4v) is 1.43. The summed E-state index contributed by atoms with van der Waals surface area (Å²) in [5, 5.41) is 0.982. The van der Waals surface area contributed by atoms with Crippen molar-refractivity contribution in [2.24, 2.45) is 0 Å². The molecule has 0 bridgehead atoms. The van der Waals surface area contributed by atoms with Crippen LogP contribution < -0.4 is 0 Å². The highest BCUT2D eigenvalue weighted by atomic mass is 19.1. The van der Waals surface area contributed by atoms with E-state index in [1.165, 1.54) is 12.1 Å². The first-order chi connectivity index (χ1) is 6.66. The third kappa shape index (κ3) is 1.60. The average molecular weight is 189 g/mol. The molecule has 0 amide bonds. The Kier molecular flexibility index (Phi) is 2.20. The zero-order valence-corrected chi connectivity index (χ0v) is 8.29. The van der Waals surface area contributed by atoms with Crippen LogP contribution in [0.1, 0.15) is 25.5 Å². The zero-order chi connectivity index (χ0) is 10.1. The highest BCUT2D eigenvalue weighted by Crippen LogP contribution is 2.18. The monoisotopic (exact) mass is 189 g/mol. The Hall–Kier alpha value is -1.44. The summed E-state index contributed by atoms with van der Waals surface area (Å²) in [5.41, 5.74) is 1.74. The molecular weight excluding hydrogens is 177 g/mol. The van der Waals surface area contributed by atoms with Crippen LogP contribution in [0.4, 0.5) is 4.39 Å². The molecule has 72 valence electrons. The highest BCUT2D eigenvalue weighted by molar-refractivity contribution is 5.78. The van der Waals surface area contributed by atoms with Gasteiger partial charge in [0.25, 0.3) is 0 Å². The molecule has 1 aromatic heterocycles. The van der Waals surface area contributed by atoms with E-state index in [0.717, 1.165) is 16.6 Å². The highest BCUT2D eigenvalue weighted by Gasteiger charge is 2.02. The van der Waals surface area contributed by atoms with Gasteiger partial charge in [-0.3, -0.25) is 4.98 Å². The van der Waals surface area contributed by atoms with E-state index >= 15 is 0 Å². The molecule has 0 fully saturated rings. The summed E-state index contributed by atoms with van der Waals surface area (Å²) in [4.78, 5) is 4.40. The maximum atomic E-state index is 12.9. The molecule has 1 heterocycles. The van der Waals surface area contributed by atoms with Crippen molar-refractivity contribution in [2.45, 2.75) is 19.8 Å². The first-order valence-corrected chi connectivity index (χ1v) is 4.73. The summed E-state index contributed by atoms with van der Waals surface area (Å²) in [5.74, 6) is 0.147. The van der Waals surface area contributed by atoms with E-state index in [-0.39, 0.29) is 5.82 Å². The van der Waals surface area contributed by atoms with E-state index in [1.807, 2.05) is 12.1 Å². The molecule has 1 aromatic carbocycles. The van der Waals surface area contributed by atoms with Crippen molar-refractivity contribution in [2.75, 3.05) is 0 Å². The second-order valence-corrected chi connectivity index (χ2v) is 3.73. The van der Waals surface area contributed by atoms with Gasteiger partial charge in [-0.25, -0.2) is 4.39 Å². The third-order valence-electron chi connectivity index (χ3n) is 2.27. The lowest BCUT2D eigenvalue weighted by molar-refractivity contribution is 0.629. The molecule has 0 saturated heterocycles. The van der Waals surface area contributed by atoms with Gasteiger partial charge in [0.15, 0.2) is 0 Å². The number of hydrogen-bond acceptors (Lipinski definition) is 1. The molecule has 1 nitrogen and oxygen atoms in total. The van der Waals surface area contributed by atoms with Gasteiger partial charge in [0, 0.05) is 17.1 Å². The number of aromatic nitrogens is 1. The first kappa shape index (κ1) is 9.13. The third-order valence-corrected chi connectivity index (χ3v) is 2.27. The standard InChI is InChI=1S/C12H12FN/c1-8(2)11-6-4-9-3-5-10(13)7-12(9)14-11/h3-8H,1-2H3. The smallest absolute Gasteiger partial charge is 0.125 e. The van der Waals surface area contributed by atoms with Gasteiger partial charge < -0.3 is 0 Å². The van der Waals surface area contributed by atoms with Crippen LogP contribution in [-0.4, -0.2) is 4.98 Å². The van der Waals surface area contributed by atoms with Gasteiger partial charge >= 0.3 is 0 Å². The summed E-state index contributed by atoms with van der Waals surface area (Å²) in [6, 6.07) is 8.66. The maximum Gasteiger partial charge on any atom is 0.125 e. The first-order valence-electron chi connectivity index (χ1n) is 4.73. The number of halogens is 1. The second kappa shape index (κ2) is 3.37. The van der Waals surface area contributed by atoms with Crippen molar-refractivity contribution in [1.82, 2.24) is 4.98 Å². The number of fused-ring (bicyclic) bond motifs is 1. The lowest BCUT2D eigenvalue weighted by Gasteiger charge is -2.05. The van der Waals surface area contributed by atoms with E-state index in [9.17, 15) is 4.39 Å². The Balaban J connectivity index is 2.63. The molecule has 0 radical (unpaired) electrons. The van der Waals surface area contributed by atoms with E-state index in [0.29, 0.717) is 5.92 Å². The van der Waals surface area contributed by atoms with Crippen molar-refractivity contribution in [1.29, 1.82) is 0 Å². The van der Waals surface area contributed by atoms with Crippen LogP contribution in [0, 0.1) is 5.82 Å². The molecule has 0 spiro atoms. The molecule has 0 saturated carbocycles. The maximum absolute atomic E-state index is 12.9. The Morgan fingerprint density at radius 2 is 1.86 bits per heavy atom. The van der Waals surface area contributed by atoms with Crippen LogP contribution in [0.25, 0.3) is 10.9 Å². The fraction of sp³-hybridized carbons (Fsp3) is 0.250. The minimum absolute atomic E-state index is 0.231. The molecule has 14 heavy (non-hydrogen) atoms. The molecule has 0 aliphatic heterocycles. The SMILES string of the molecule is CC(C)c1ccc2ccc(F)cc2n1. The number of nitrogens with zero attached hydrogens (tertiary/aromatic N) is 1. The minimum atomic E-state index is -0.231. The topological polar surface area (TPSA) is 12.9 Å². The van der Waals surface area contributed by atoms with Crippen LogP contribution in [0.5, 0.6) is 0 Å². The Labute approximate surface area is 82.6 Å². The zero-order valence-electron chi connectivity index (χ0n) is 8.29. The second-order valence-electron chi connectivity index (χ2n) is 3.73. The molecule has 2 aromatic rings. The molecule has 0 aliphatic carbocycles. The Morgan fingerprint density at radius 1 is 1.14 bits per heavy atom. The average Bonchev–Trinajstić information content (AvgIpc) is 2.16. The molecule has 2 rings (SSSR count). The van der Waals surface area contributed by atoms with Gasteiger partial charge in [0.2, 0.25) is 0 Å². The summed E-state index contributed by atoms with van der Waals surface area (Å²) in [6.07, 6.45) is 0. The number of hydrogen-bond donors (Lipinski definition) is 0. The molecule has 2 heteroatoms. The molecule has 0 unspecified atom stereocenters. The quantitative estimate of drug-likeness (QED) is 0.669. The summed E-state index contributed by atoms with van der Waals surface area (Å²) < 4.78 is 12.9. The Bertz CT molecular complexity index is 463. The molecule has 0 aliphatic rings. The number of rotatable bonds is 1. The predicted molar refractivity (Wildman–Crippen MR) is 55.8 cm³/mol. The van der Waals surface area contributed by atoms with Gasteiger partial charge in [0.1, 0.15) is 5.82 Å². The van der Waals surface area contributed by atoms with Crippen LogP contribution in [0.15, 0.2) is 30.3 Å². The fourth-order valence-electron chi connectivity index (χ4n) is 1.43. The van der Waals surface area contributed by atoms with Crippen LogP contribution in [0.3, 0.4) is 0 Å². The predicted octanol–water partition coefficient (Wildman–Crippen LogP) is 3.50. The van der Waals surface area contributed by atoms with Crippen LogP contribution >= 0.6 is 0 Å². The van der Waals surface area contributed by atoms with E-state index < -0.39 is 0 Å². The Morgan fingerprint density at radius 3 is 2.57 bits per heavy atom. The number of pyridine rings is 1. The lowest BCUT2D eigenvalue weighted by Crippen LogP contribution is -1.92. The molecule has 0 N–H and O–H groups in total. The summed E-state index contributed by atoms with van der Waals surface area (Å²) in [6.45, 7) is 4.15. The van der Waals surface area contributed by atoms with E-state index in [2.05, 4.69) is 18.8 Å². The lowest BCUT2D eigenvalue weighted by atomic mass is 10.1. The molecule has 0 atom stereocenters. The van der Waals surface area contributed by atoms with Gasteiger partial charge in [-0.15, -0.1) is 0 Å². The summed E-state index contributed by atoms with van der Waals surface area (Å²) in [7, 11) is 0. The number of benzene rings is 1. The van der Waals surface area contributed by atoms with Crippen molar-refractivity contribution in [3.63, 3.8) is 0 Å². The van der Waals surface area contributed by atoms with Crippen molar-refractivity contribution < 1.29 is 4.39 Å². The van der Waals surface area contributed by atoms with E-state index in [4.69, 9.17) is 0 Å². The largest absolute Gasteiger partial charge is 0.252 e. The van der Waals surface area contributed by atoms with Crippen molar-refractivity contribution in [3.8, 4) is 0 Å². The van der Waals surface area contributed by atoms with Gasteiger partial charge in [-0.2, -0.15) is 0 Å². The van der Waals surface area contributed by atoms with Gasteiger partial charge in [-0.05, 0) is 24.1 Å². The van der Waals surface area contributed by atoms with Crippen LogP contribution in [-0.2, 0) is 0 Å². The molecular formula is C12H12FN.